The molecule has 0 amide bonds. The first kappa shape index (κ1) is 10.6. The summed E-state index contributed by atoms with van der Waals surface area (Å²) in [6.45, 7) is 7.80. The molecule has 2 rings (SSSR count). The van der Waals surface area contributed by atoms with Crippen LogP contribution < -0.4 is 10.2 Å². The third kappa shape index (κ3) is 2.53. The molecule has 0 aliphatic carbocycles. The molecule has 1 aliphatic rings. The Labute approximate surface area is 91.4 Å². The van der Waals surface area contributed by atoms with Crippen LogP contribution in [0.3, 0.4) is 0 Å². The molecule has 0 radical (unpaired) electrons. The number of anilines is 1. The van der Waals surface area contributed by atoms with E-state index >= 15 is 0 Å². The van der Waals surface area contributed by atoms with Gasteiger partial charge in [0.15, 0.2) is 0 Å². The van der Waals surface area contributed by atoms with Gasteiger partial charge in [-0.05, 0) is 18.4 Å². The quantitative estimate of drug-likeness (QED) is 0.824. The molecule has 84 valence electrons. The molecule has 1 aromatic heterocycles. The first-order valence-electron chi connectivity index (χ1n) is 5.77. The maximum atomic E-state index is 5.16. The van der Waals surface area contributed by atoms with E-state index in [1.165, 1.54) is 12.1 Å². The molecule has 0 spiro atoms. The predicted molar refractivity (Wildman–Crippen MR) is 62.2 cm³/mol. The Hall–Kier alpha value is -0.960. The van der Waals surface area contributed by atoms with Crippen molar-refractivity contribution >= 4 is 5.69 Å². The van der Waals surface area contributed by atoms with E-state index in [0.29, 0.717) is 6.04 Å². The second kappa shape index (κ2) is 4.71. The molecule has 1 saturated heterocycles. The van der Waals surface area contributed by atoms with E-state index in [1.807, 2.05) is 6.26 Å². The highest BCUT2D eigenvalue weighted by Gasteiger charge is 2.23. The molecule has 1 fully saturated rings. The Morgan fingerprint density at radius 3 is 3.13 bits per heavy atom. The van der Waals surface area contributed by atoms with Crippen LogP contribution in [0.25, 0.3) is 0 Å². The second-order valence-electron chi connectivity index (χ2n) is 4.66. The van der Waals surface area contributed by atoms with Gasteiger partial charge in [-0.2, -0.15) is 0 Å². The largest absolute Gasteiger partial charge is 0.470 e. The number of piperazine rings is 1. The van der Waals surface area contributed by atoms with Gasteiger partial charge in [0.2, 0.25) is 0 Å². The highest BCUT2D eigenvalue weighted by Crippen LogP contribution is 2.22. The molecule has 15 heavy (non-hydrogen) atoms. The minimum absolute atomic E-state index is 0.608. The normalized spacial score (nSPS) is 22.3. The summed E-state index contributed by atoms with van der Waals surface area (Å²) < 4.78 is 5.16. The second-order valence-corrected chi connectivity index (χ2v) is 4.66. The zero-order chi connectivity index (χ0) is 10.7. The number of hydrogen-bond acceptors (Lipinski definition) is 3. The van der Waals surface area contributed by atoms with Crippen molar-refractivity contribution in [1.29, 1.82) is 0 Å². The highest BCUT2D eigenvalue weighted by atomic mass is 16.3. The van der Waals surface area contributed by atoms with Crippen LogP contribution >= 0.6 is 0 Å². The third-order valence-electron chi connectivity index (χ3n) is 2.93. The number of nitrogens with one attached hydrogen (secondary N) is 1. The Kier molecular flexibility index (Phi) is 3.31. The molecular formula is C12H20N2O. The summed E-state index contributed by atoms with van der Waals surface area (Å²) in [5.41, 5.74) is 1.22. The van der Waals surface area contributed by atoms with E-state index in [1.54, 1.807) is 6.26 Å². The van der Waals surface area contributed by atoms with Crippen LogP contribution in [0.1, 0.15) is 20.3 Å². The van der Waals surface area contributed by atoms with E-state index < -0.39 is 0 Å². The SMILES string of the molecule is CC(C)CC1CNCCN1c1ccoc1. The highest BCUT2D eigenvalue weighted by molar-refractivity contribution is 5.44. The van der Waals surface area contributed by atoms with Crippen LogP contribution in [-0.4, -0.2) is 25.7 Å². The molecular weight excluding hydrogens is 188 g/mol. The Morgan fingerprint density at radius 1 is 1.60 bits per heavy atom. The summed E-state index contributed by atoms with van der Waals surface area (Å²) >= 11 is 0. The summed E-state index contributed by atoms with van der Waals surface area (Å²) in [6, 6.07) is 2.66. The number of hydrogen-bond donors (Lipinski definition) is 1. The molecule has 0 saturated carbocycles. The molecule has 3 nitrogen and oxygen atoms in total. The lowest BCUT2D eigenvalue weighted by molar-refractivity contribution is 0.406. The molecule has 0 bridgehead atoms. The number of nitrogens with zero attached hydrogens (tertiary/aromatic N) is 1. The van der Waals surface area contributed by atoms with Crippen LogP contribution in [0.15, 0.2) is 23.0 Å². The van der Waals surface area contributed by atoms with Gasteiger partial charge < -0.3 is 14.6 Å². The van der Waals surface area contributed by atoms with Crippen molar-refractivity contribution in [3.63, 3.8) is 0 Å². The summed E-state index contributed by atoms with van der Waals surface area (Å²) in [4.78, 5) is 2.46. The van der Waals surface area contributed by atoms with Crippen molar-refractivity contribution < 1.29 is 4.42 Å². The lowest BCUT2D eigenvalue weighted by Crippen LogP contribution is -2.51. The van der Waals surface area contributed by atoms with Crippen LogP contribution in [0, 0.1) is 5.92 Å². The molecule has 1 unspecified atom stereocenters. The van der Waals surface area contributed by atoms with Gasteiger partial charge in [0.1, 0.15) is 6.26 Å². The van der Waals surface area contributed by atoms with E-state index in [9.17, 15) is 0 Å². The van der Waals surface area contributed by atoms with Gasteiger partial charge in [-0.15, -0.1) is 0 Å². The zero-order valence-corrected chi connectivity index (χ0v) is 9.57. The van der Waals surface area contributed by atoms with Gasteiger partial charge in [-0.25, -0.2) is 0 Å². The molecule has 0 aromatic carbocycles. The maximum absolute atomic E-state index is 5.16. The minimum Gasteiger partial charge on any atom is -0.470 e. The molecule has 1 atom stereocenters. The van der Waals surface area contributed by atoms with Gasteiger partial charge in [-0.3, -0.25) is 0 Å². The minimum atomic E-state index is 0.608. The topological polar surface area (TPSA) is 28.4 Å². The third-order valence-corrected chi connectivity index (χ3v) is 2.93. The Balaban J connectivity index is 2.06. The molecule has 3 heteroatoms. The molecule has 2 heterocycles. The summed E-state index contributed by atoms with van der Waals surface area (Å²) in [7, 11) is 0. The van der Waals surface area contributed by atoms with Gasteiger partial charge in [-0.1, -0.05) is 13.8 Å². The van der Waals surface area contributed by atoms with E-state index in [0.717, 1.165) is 25.6 Å². The van der Waals surface area contributed by atoms with Crippen LogP contribution in [0.2, 0.25) is 0 Å². The monoisotopic (exact) mass is 208 g/mol. The van der Waals surface area contributed by atoms with Crippen molar-refractivity contribution in [1.82, 2.24) is 5.32 Å². The number of furan rings is 1. The summed E-state index contributed by atoms with van der Waals surface area (Å²) in [5.74, 6) is 0.740. The Bertz CT molecular complexity index is 282. The van der Waals surface area contributed by atoms with Gasteiger partial charge in [0.25, 0.3) is 0 Å². The van der Waals surface area contributed by atoms with Crippen LogP contribution in [-0.2, 0) is 0 Å². The predicted octanol–water partition coefficient (Wildman–Crippen LogP) is 2.10. The first-order valence-corrected chi connectivity index (χ1v) is 5.77. The van der Waals surface area contributed by atoms with Crippen LogP contribution in [0.4, 0.5) is 5.69 Å². The maximum Gasteiger partial charge on any atom is 0.114 e. The van der Waals surface area contributed by atoms with Crippen molar-refractivity contribution in [2.75, 3.05) is 24.5 Å². The van der Waals surface area contributed by atoms with E-state index in [-0.39, 0.29) is 0 Å². The number of rotatable bonds is 3. The summed E-state index contributed by atoms with van der Waals surface area (Å²) in [5, 5.41) is 3.46. The Morgan fingerprint density at radius 2 is 2.47 bits per heavy atom. The molecule has 1 aliphatic heterocycles. The van der Waals surface area contributed by atoms with Gasteiger partial charge >= 0.3 is 0 Å². The lowest BCUT2D eigenvalue weighted by Gasteiger charge is -2.38. The first-order chi connectivity index (χ1) is 7.27. The average molecular weight is 208 g/mol. The average Bonchev–Trinajstić information content (AvgIpc) is 2.70. The smallest absolute Gasteiger partial charge is 0.114 e. The van der Waals surface area contributed by atoms with Crippen molar-refractivity contribution in [3.8, 4) is 0 Å². The lowest BCUT2D eigenvalue weighted by atomic mass is 10.0. The van der Waals surface area contributed by atoms with Crippen molar-refractivity contribution in [2.24, 2.45) is 5.92 Å². The summed E-state index contributed by atoms with van der Waals surface area (Å²) in [6.07, 6.45) is 4.83. The van der Waals surface area contributed by atoms with Gasteiger partial charge in [0, 0.05) is 25.7 Å². The molecule has 1 N–H and O–H groups in total. The van der Waals surface area contributed by atoms with Crippen LogP contribution in [0.5, 0.6) is 0 Å². The van der Waals surface area contributed by atoms with E-state index in [4.69, 9.17) is 4.42 Å². The standard InChI is InChI=1S/C12H20N2O/c1-10(2)7-12-8-13-4-5-14(12)11-3-6-15-9-11/h3,6,9-10,12-13H,4-5,7-8H2,1-2H3. The fourth-order valence-electron chi connectivity index (χ4n) is 2.28. The fourth-order valence-corrected chi connectivity index (χ4v) is 2.28. The molecule has 1 aromatic rings. The van der Waals surface area contributed by atoms with Crippen molar-refractivity contribution in [2.45, 2.75) is 26.3 Å². The van der Waals surface area contributed by atoms with E-state index in [2.05, 4.69) is 30.1 Å². The zero-order valence-electron chi connectivity index (χ0n) is 9.57. The fraction of sp³-hybridized carbons (Fsp3) is 0.667. The van der Waals surface area contributed by atoms with Crippen molar-refractivity contribution in [3.05, 3.63) is 18.6 Å². The van der Waals surface area contributed by atoms with Gasteiger partial charge in [0.05, 0.1) is 12.0 Å².